The summed E-state index contributed by atoms with van der Waals surface area (Å²) in [4.78, 5) is 35.5. The van der Waals surface area contributed by atoms with Crippen LogP contribution in [0.1, 0.15) is 0 Å². The van der Waals surface area contributed by atoms with Crippen molar-refractivity contribution in [2.24, 2.45) is 0 Å². The Balaban J connectivity index is 2.87. The molecular formula is C8H7BrN4O3. The van der Waals surface area contributed by atoms with Crippen molar-refractivity contribution in [1.82, 2.24) is 14.9 Å². The fourth-order valence-electron chi connectivity index (χ4n) is 0.949. The summed E-state index contributed by atoms with van der Waals surface area (Å²) in [5.74, 6) is -0.484. The van der Waals surface area contributed by atoms with Crippen molar-refractivity contribution in [3.8, 4) is 6.07 Å². The number of hydrogen-bond acceptors (Lipinski definition) is 4. The number of aromatic nitrogens is 2. The highest BCUT2D eigenvalue weighted by Crippen LogP contribution is 1.97. The highest BCUT2D eigenvalue weighted by atomic mass is 79.9. The lowest BCUT2D eigenvalue weighted by Crippen LogP contribution is -2.36. The normalized spacial score (nSPS) is 9.50. The van der Waals surface area contributed by atoms with Crippen LogP contribution in [-0.4, -0.2) is 22.0 Å². The van der Waals surface area contributed by atoms with Gasteiger partial charge in [-0.05, 0) is 15.9 Å². The minimum absolute atomic E-state index is 0.127. The first-order valence-electron chi connectivity index (χ1n) is 4.17. The maximum Gasteiger partial charge on any atom is 0.328 e. The molecule has 0 saturated heterocycles. The van der Waals surface area contributed by atoms with Crippen LogP contribution in [0.5, 0.6) is 0 Å². The van der Waals surface area contributed by atoms with Gasteiger partial charge in [0, 0.05) is 6.20 Å². The van der Waals surface area contributed by atoms with E-state index in [0.717, 1.165) is 4.57 Å². The Morgan fingerprint density at radius 2 is 2.31 bits per heavy atom. The number of carbonyl (C=O) groups is 1. The van der Waals surface area contributed by atoms with Crippen molar-refractivity contribution in [2.45, 2.75) is 6.54 Å². The molecule has 16 heavy (non-hydrogen) atoms. The van der Waals surface area contributed by atoms with Gasteiger partial charge in [-0.2, -0.15) is 5.26 Å². The molecule has 0 spiro atoms. The minimum atomic E-state index is -0.680. The summed E-state index contributed by atoms with van der Waals surface area (Å²) in [6, 6.07) is 1.73. The molecule has 0 bridgehead atoms. The molecular weight excluding hydrogens is 280 g/mol. The number of carbonyl (C=O) groups excluding carboxylic acids is 1. The lowest BCUT2D eigenvalue weighted by molar-refractivity contribution is -0.121. The van der Waals surface area contributed by atoms with Crippen LogP contribution in [-0.2, 0) is 11.3 Å². The van der Waals surface area contributed by atoms with E-state index in [1.54, 1.807) is 6.07 Å². The molecule has 0 saturated carbocycles. The van der Waals surface area contributed by atoms with Crippen LogP contribution < -0.4 is 16.6 Å². The van der Waals surface area contributed by atoms with Gasteiger partial charge in [0.2, 0.25) is 5.91 Å². The largest absolute Gasteiger partial charge is 0.341 e. The number of nitriles is 1. The number of hydrogen-bond donors (Lipinski definition) is 2. The third kappa shape index (κ3) is 3.06. The standard InChI is InChI=1S/C8H7BrN4O3/c9-5-3-13(8(16)12-7(5)15)4-6(14)11-2-1-10/h3H,2,4H2,(H,11,14)(H,12,15,16). The topological polar surface area (TPSA) is 108 Å². The Morgan fingerprint density at radius 3 is 2.94 bits per heavy atom. The van der Waals surface area contributed by atoms with E-state index in [9.17, 15) is 14.4 Å². The van der Waals surface area contributed by atoms with Gasteiger partial charge in [-0.15, -0.1) is 0 Å². The summed E-state index contributed by atoms with van der Waals surface area (Å²) in [6.07, 6.45) is 1.22. The van der Waals surface area contributed by atoms with Crippen LogP contribution in [0.3, 0.4) is 0 Å². The highest BCUT2D eigenvalue weighted by Gasteiger charge is 2.06. The van der Waals surface area contributed by atoms with Gasteiger partial charge in [-0.25, -0.2) is 4.79 Å². The number of H-pyrrole nitrogens is 1. The van der Waals surface area contributed by atoms with Crippen LogP contribution in [0.15, 0.2) is 20.3 Å². The number of aromatic amines is 1. The van der Waals surface area contributed by atoms with Gasteiger partial charge in [0.25, 0.3) is 5.56 Å². The molecule has 84 valence electrons. The molecule has 0 unspecified atom stereocenters. The summed E-state index contributed by atoms with van der Waals surface area (Å²) in [7, 11) is 0. The molecule has 0 aliphatic rings. The quantitative estimate of drug-likeness (QED) is 0.691. The van der Waals surface area contributed by atoms with Gasteiger partial charge in [-0.1, -0.05) is 0 Å². The van der Waals surface area contributed by atoms with Gasteiger partial charge >= 0.3 is 5.69 Å². The average molecular weight is 287 g/mol. The Labute approximate surface area is 97.8 Å². The van der Waals surface area contributed by atoms with E-state index in [0.29, 0.717) is 0 Å². The fourth-order valence-corrected chi connectivity index (χ4v) is 1.30. The first-order chi connectivity index (χ1) is 7.54. The second-order valence-corrected chi connectivity index (χ2v) is 3.65. The molecule has 0 aliphatic heterocycles. The van der Waals surface area contributed by atoms with Crippen molar-refractivity contribution >= 4 is 21.8 Å². The van der Waals surface area contributed by atoms with E-state index < -0.39 is 17.2 Å². The summed E-state index contributed by atoms with van der Waals surface area (Å²) in [6.45, 7) is -0.381. The zero-order valence-electron chi connectivity index (χ0n) is 7.99. The maximum atomic E-state index is 11.2. The number of nitrogens with one attached hydrogen (secondary N) is 2. The van der Waals surface area contributed by atoms with Gasteiger partial charge in [0.15, 0.2) is 0 Å². The second-order valence-electron chi connectivity index (χ2n) is 2.80. The first kappa shape index (κ1) is 12.2. The second kappa shape index (κ2) is 5.27. The lowest BCUT2D eigenvalue weighted by Gasteiger charge is -2.04. The van der Waals surface area contributed by atoms with Crippen LogP contribution in [0, 0.1) is 11.3 Å². The molecule has 0 fully saturated rings. The third-order valence-corrected chi connectivity index (χ3v) is 2.21. The van der Waals surface area contributed by atoms with E-state index in [4.69, 9.17) is 5.26 Å². The monoisotopic (exact) mass is 286 g/mol. The van der Waals surface area contributed by atoms with E-state index in [1.165, 1.54) is 6.20 Å². The molecule has 1 aromatic rings. The fraction of sp³-hybridized carbons (Fsp3) is 0.250. The average Bonchev–Trinajstić information content (AvgIpc) is 2.23. The number of nitrogens with zero attached hydrogens (tertiary/aromatic N) is 2. The van der Waals surface area contributed by atoms with Crippen LogP contribution in [0.4, 0.5) is 0 Å². The number of amides is 1. The molecule has 7 nitrogen and oxygen atoms in total. The van der Waals surface area contributed by atoms with Crippen molar-refractivity contribution < 1.29 is 4.79 Å². The van der Waals surface area contributed by atoms with Gasteiger partial charge in [0.05, 0.1) is 10.5 Å². The highest BCUT2D eigenvalue weighted by molar-refractivity contribution is 9.10. The SMILES string of the molecule is N#CCNC(=O)Cn1cc(Br)c(=O)[nH]c1=O. The predicted octanol–water partition coefficient (Wildman–Crippen LogP) is -1.06. The Kier molecular flexibility index (Phi) is 4.02. The molecule has 1 aromatic heterocycles. The van der Waals surface area contributed by atoms with Crippen molar-refractivity contribution in [3.05, 3.63) is 31.5 Å². The first-order valence-corrected chi connectivity index (χ1v) is 4.97. The molecule has 1 amide bonds. The molecule has 8 heteroatoms. The number of rotatable bonds is 3. The van der Waals surface area contributed by atoms with Crippen molar-refractivity contribution in [3.63, 3.8) is 0 Å². The minimum Gasteiger partial charge on any atom is -0.341 e. The van der Waals surface area contributed by atoms with E-state index in [1.807, 2.05) is 4.98 Å². The number of halogens is 1. The van der Waals surface area contributed by atoms with Crippen LogP contribution >= 0.6 is 15.9 Å². The smallest absolute Gasteiger partial charge is 0.328 e. The molecule has 2 N–H and O–H groups in total. The van der Waals surface area contributed by atoms with Gasteiger partial charge in [0.1, 0.15) is 13.1 Å². The predicted molar refractivity (Wildman–Crippen MR) is 57.6 cm³/mol. The van der Waals surface area contributed by atoms with Gasteiger partial charge in [-0.3, -0.25) is 19.1 Å². The Bertz CT molecular complexity index is 554. The molecule has 1 rings (SSSR count). The molecule has 1 heterocycles. The Morgan fingerprint density at radius 1 is 1.62 bits per heavy atom. The lowest BCUT2D eigenvalue weighted by atomic mass is 10.5. The van der Waals surface area contributed by atoms with Crippen LogP contribution in [0.25, 0.3) is 0 Å². The van der Waals surface area contributed by atoms with Gasteiger partial charge < -0.3 is 5.32 Å². The molecule has 0 aromatic carbocycles. The summed E-state index contributed by atoms with van der Waals surface area (Å²) >= 11 is 2.94. The van der Waals surface area contributed by atoms with E-state index in [2.05, 4.69) is 21.2 Å². The van der Waals surface area contributed by atoms with E-state index >= 15 is 0 Å². The summed E-state index contributed by atoms with van der Waals surface area (Å²) in [5.41, 5.74) is -1.24. The van der Waals surface area contributed by atoms with Crippen LogP contribution in [0.2, 0.25) is 0 Å². The van der Waals surface area contributed by atoms with Crippen molar-refractivity contribution in [2.75, 3.05) is 6.54 Å². The molecule has 0 aliphatic carbocycles. The third-order valence-electron chi connectivity index (χ3n) is 1.65. The van der Waals surface area contributed by atoms with E-state index in [-0.39, 0.29) is 17.6 Å². The zero-order chi connectivity index (χ0) is 12.1. The molecule has 0 radical (unpaired) electrons. The Hall–Kier alpha value is -1.88. The zero-order valence-corrected chi connectivity index (χ0v) is 9.57. The summed E-state index contributed by atoms with van der Waals surface area (Å²) < 4.78 is 1.18. The molecule has 0 atom stereocenters. The van der Waals surface area contributed by atoms with Crippen molar-refractivity contribution in [1.29, 1.82) is 5.26 Å². The maximum absolute atomic E-state index is 11.2. The summed E-state index contributed by atoms with van der Waals surface area (Å²) in [5, 5.41) is 10.5.